The first-order chi connectivity index (χ1) is 8.52. The number of rotatable bonds is 5. The zero-order valence-electron chi connectivity index (χ0n) is 10.1. The van der Waals surface area contributed by atoms with Gasteiger partial charge in [-0.2, -0.15) is 0 Å². The summed E-state index contributed by atoms with van der Waals surface area (Å²) in [7, 11) is 1.30. The Balaban J connectivity index is 2.58. The van der Waals surface area contributed by atoms with Crippen LogP contribution in [0.1, 0.15) is 6.92 Å². The highest BCUT2D eigenvalue weighted by Crippen LogP contribution is 2.21. The smallest absolute Gasteiger partial charge is 0.329 e. The van der Waals surface area contributed by atoms with Gasteiger partial charge in [0.15, 0.2) is 0 Å². The molecule has 0 aromatic heterocycles. The van der Waals surface area contributed by atoms with Gasteiger partial charge in [-0.3, -0.25) is 4.79 Å². The van der Waals surface area contributed by atoms with Crippen molar-refractivity contribution in [2.24, 2.45) is 0 Å². The molecule has 0 bridgehead atoms. The van der Waals surface area contributed by atoms with E-state index in [2.05, 4.69) is 10.1 Å². The molecule has 1 rings (SSSR count). The maximum atomic E-state index is 11.5. The number of halogens is 1. The molecule has 0 aliphatic rings. The molecule has 0 fully saturated rings. The molecule has 1 atom stereocenters. The molecule has 0 aliphatic carbocycles. The van der Waals surface area contributed by atoms with Crippen molar-refractivity contribution in [3.05, 3.63) is 29.3 Å². The number of amides is 1. The third-order valence-corrected chi connectivity index (χ3v) is 3.45. The van der Waals surface area contributed by atoms with Crippen LogP contribution >= 0.6 is 23.4 Å². The van der Waals surface area contributed by atoms with Crippen molar-refractivity contribution in [2.75, 3.05) is 12.9 Å². The van der Waals surface area contributed by atoms with Crippen LogP contribution in [-0.4, -0.2) is 30.8 Å². The van der Waals surface area contributed by atoms with Crippen LogP contribution in [0.2, 0.25) is 5.02 Å². The van der Waals surface area contributed by atoms with Crippen molar-refractivity contribution in [1.82, 2.24) is 5.32 Å². The second-order valence-electron chi connectivity index (χ2n) is 3.54. The van der Waals surface area contributed by atoms with Gasteiger partial charge in [0.2, 0.25) is 5.91 Å². The van der Waals surface area contributed by atoms with E-state index in [1.54, 1.807) is 12.1 Å². The number of hydrogen-bond donors (Lipinski definition) is 1. The second-order valence-corrected chi connectivity index (χ2v) is 5.07. The molecule has 1 N–H and O–H groups in total. The molecule has 6 heteroatoms. The van der Waals surface area contributed by atoms with Gasteiger partial charge >= 0.3 is 5.97 Å². The van der Waals surface area contributed by atoms with E-state index in [9.17, 15) is 9.59 Å². The molecule has 1 aromatic rings. The average Bonchev–Trinajstić information content (AvgIpc) is 2.35. The Morgan fingerprint density at radius 2 is 2.00 bits per heavy atom. The minimum absolute atomic E-state index is 0.262. The normalized spacial score (nSPS) is 11.7. The zero-order chi connectivity index (χ0) is 13.5. The molecule has 98 valence electrons. The Morgan fingerprint density at radius 3 is 2.50 bits per heavy atom. The van der Waals surface area contributed by atoms with Crippen molar-refractivity contribution in [1.29, 1.82) is 0 Å². The number of thioether (sulfide) groups is 1. The molecule has 0 saturated carbocycles. The number of esters is 1. The fourth-order valence-corrected chi connectivity index (χ4v) is 2.30. The fourth-order valence-electron chi connectivity index (χ4n) is 1.27. The molecule has 1 amide bonds. The van der Waals surface area contributed by atoms with Crippen molar-refractivity contribution < 1.29 is 14.3 Å². The summed E-state index contributed by atoms with van der Waals surface area (Å²) in [6.07, 6.45) is 0. The van der Waals surface area contributed by atoms with Gasteiger partial charge in [-0.1, -0.05) is 11.6 Å². The monoisotopic (exact) mass is 287 g/mol. The first kappa shape index (κ1) is 14.9. The molecule has 4 nitrogen and oxygen atoms in total. The van der Waals surface area contributed by atoms with Crippen molar-refractivity contribution in [2.45, 2.75) is 17.9 Å². The third-order valence-electron chi connectivity index (χ3n) is 2.09. The number of carbonyl (C=O) groups is 2. The first-order valence-corrected chi connectivity index (χ1v) is 6.62. The van der Waals surface area contributed by atoms with Gasteiger partial charge in [0.1, 0.15) is 6.04 Å². The van der Waals surface area contributed by atoms with E-state index >= 15 is 0 Å². The van der Waals surface area contributed by atoms with Crippen molar-refractivity contribution in [3.63, 3.8) is 0 Å². The number of nitrogens with one attached hydrogen (secondary N) is 1. The molecule has 1 aromatic carbocycles. The lowest BCUT2D eigenvalue weighted by atomic mass is 10.3. The highest BCUT2D eigenvalue weighted by atomic mass is 35.5. The fraction of sp³-hybridized carbons (Fsp3) is 0.333. The summed E-state index contributed by atoms with van der Waals surface area (Å²) in [5, 5.41) is 3.21. The predicted octanol–water partition coefficient (Wildman–Crippen LogP) is 2.11. The molecule has 0 spiro atoms. The summed E-state index contributed by atoms with van der Waals surface area (Å²) in [4.78, 5) is 23.4. The minimum Gasteiger partial charge on any atom is -0.467 e. The number of benzene rings is 1. The quantitative estimate of drug-likeness (QED) is 0.666. The van der Waals surface area contributed by atoms with Crippen molar-refractivity contribution in [3.8, 4) is 0 Å². The van der Waals surface area contributed by atoms with Gasteiger partial charge in [0.05, 0.1) is 7.11 Å². The molecular weight excluding hydrogens is 274 g/mol. The number of ether oxygens (including phenoxy) is 1. The Labute approximate surface area is 115 Å². The number of hydrogen-bond acceptors (Lipinski definition) is 4. The van der Waals surface area contributed by atoms with Crippen LogP contribution in [0.15, 0.2) is 29.2 Å². The van der Waals surface area contributed by atoms with Crippen LogP contribution in [0, 0.1) is 0 Å². The lowest BCUT2D eigenvalue weighted by Crippen LogP contribution is -2.42. The predicted molar refractivity (Wildman–Crippen MR) is 71.8 cm³/mol. The Morgan fingerprint density at radius 1 is 1.39 bits per heavy atom. The maximum Gasteiger partial charge on any atom is 0.329 e. The average molecular weight is 288 g/mol. The summed E-state index contributed by atoms with van der Waals surface area (Å²) < 4.78 is 4.63. The molecule has 0 heterocycles. The number of methoxy groups -OCH3 is 1. The van der Waals surface area contributed by atoms with Gasteiger partial charge in [-0.05, 0) is 24.3 Å². The Hall–Kier alpha value is -1.20. The van der Waals surface area contributed by atoms with Gasteiger partial charge in [0, 0.05) is 22.6 Å². The maximum absolute atomic E-state index is 11.5. The Bertz CT molecular complexity index is 422. The van der Waals surface area contributed by atoms with E-state index in [-0.39, 0.29) is 5.91 Å². The van der Waals surface area contributed by atoms with E-state index in [1.807, 2.05) is 12.1 Å². The third kappa shape index (κ3) is 4.98. The summed E-state index contributed by atoms with van der Waals surface area (Å²) in [5.74, 6) is -0.304. The summed E-state index contributed by atoms with van der Waals surface area (Å²) in [5.41, 5.74) is 0. The highest BCUT2D eigenvalue weighted by molar-refractivity contribution is 7.99. The van der Waals surface area contributed by atoms with Crippen LogP contribution in [0.3, 0.4) is 0 Å². The van der Waals surface area contributed by atoms with E-state index < -0.39 is 12.0 Å². The van der Waals surface area contributed by atoms with E-state index in [1.165, 1.54) is 25.8 Å². The molecular formula is C12H14ClNO3S. The van der Waals surface area contributed by atoms with E-state index in [4.69, 9.17) is 11.6 Å². The van der Waals surface area contributed by atoms with Crippen LogP contribution in [0.4, 0.5) is 0 Å². The van der Waals surface area contributed by atoms with Crippen LogP contribution in [0.5, 0.6) is 0 Å². The van der Waals surface area contributed by atoms with Gasteiger partial charge < -0.3 is 10.1 Å². The second kappa shape index (κ2) is 7.28. The lowest BCUT2D eigenvalue weighted by Gasteiger charge is -2.14. The van der Waals surface area contributed by atoms with Crippen molar-refractivity contribution >= 4 is 35.2 Å². The van der Waals surface area contributed by atoms with E-state index in [0.29, 0.717) is 10.8 Å². The highest BCUT2D eigenvalue weighted by Gasteiger charge is 2.20. The molecule has 1 unspecified atom stereocenters. The summed E-state index contributed by atoms with van der Waals surface area (Å²) >= 11 is 7.22. The molecule has 18 heavy (non-hydrogen) atoms. The topological polar surface area (TPSA) is 55.4 Å². The lowest BCUT2D eigenvalue weighted by molar-refractivity contribution is -0.144. The van der Waals surface area contributed by atoms with E-state index in [0.717, 1.165) is 4.90 Å². The first-order valence-electron chi connectivity index (χ1n) is 5.26. The van der Waals surface area contributed by atoms with Crippen LogP contribution < -0.4 is 5.32 Å². The summed E-state index contributed by atoms with van der Waals surface area (Å²) in [6.45, 7) is 1.36. The molecule has 0 radical (unpaired) electrons. The van der Waals surface area contributed by atoms with Crippen LogP contribution in [0.25, 0.3) is 0 Å². The minimum atomic E-state index is -0.645. The standard InChI is InChI=1S/C12H14ClNO3S/c1-8(15)14-11(12(16)17-2)7-18-10-5-3-9(13)4-6-10/h3-6,11H,7H2,1-2H3,(H,14,15). The zero-order valence-corrected chi connectivity index (χ0v) is 11.7. The van der Waals surface area contributed by atoms with Crippen LogP contribution in [-0.2, 0) is 14.3 Å². The SMILES string of the molecule is COC(=O)C(CSc1ccc(Cl)cc1)NC(C)=O. The molecule has 0 saturated heterocycles. The summed E-state index contributed by atoms with van der Waals surface area (Å²) in [6, 6.07) is 6.61. The molecule has 0 aliphatic heterocycles. The Kier molecular flexibility index (Phi) is 6.01. The number of carbonyl (C=O) groups excluding carboxylic acids is 2. The van der Waals surface area contributed by atoms with Gasteiger partial charge in [-0.15, -0.1) is 11.8 Å². The largest absolute Gasteiger partial charge is 0.467 e. The van der Waals surface area contributed by atoms with Gasteiger partial charge in [-0.25, -0.2) is 4.79 Å². The van der Waals surface area contributed by atoms with Gasteiger partial charge in [0.25, 0.3) is 0 Å².